The van der Waals surface area contributed by atoms with Gasteiger partial charge in [-0.25, -0.2) is 0 Å². The van der Waals surface area contributed by atoms with Gasteiger partial charge >= 0.3 is 0 Å². The maximum Gasteiger partial charge on any atom is 0.176 e. The first-order valence-electron chi connectivity index (χ1n) is 5.30. The molecule has 94 valence electrons. The second-order valence-corrected chi connectivity index (χ2v) is 4.69. The number of aryl methyl sites for hydroxylation is 1. The summed E-state index contributed by atoms with van der Waals surface area (Å²) < 4.78 is 8.41. The van der Waals surface area contributed by atoms with E-state index in [1.54, 1.807) is 12.1 Å². The molecule has 0 fully saturated rings. The molecule has 5 heteroatoms. The summed E-state index contributed by atoms with van der Waals surface area (Å²) in [6, 6.07) is 12.6. The van der Waals surface area contributed by atoms with Gasteiger partial charge in [-0.2, -0.15) is 0 Å². The summed E-state index contributed by atoms with van der Waals surface area (Å²) in [7, 11) is 0. The Morgan fingerprint density at radius 3 is 2.56 bits per heavy atom. The molecule has 0 spiro atoms. The van der Waals surface area contributed by atoms with Gasteiger partial charge in [0.2, 0.25) is 0 Å². The first-order valence-corrected chi connectivity index (χ1v) is 6.42. The minimum absolute atomic E-state index is 0.0617. The van der Waals surface area contributed by atoms with E-state index in [9.17, 15) is 5.11 Å². The maximum atomic E-state index is 9.28. The van der Waals surface area contributed by atoms with Crippen LogP contribution >= 0.6 is 23.8 Å². The third kappa shape index (κ3) is 3.48. The average molecular weight is 282 g/mol. The molecule has 2 aromatic rings. The largest absolute Gasteiger partial charge is 0.506 e. The van der Waals surface area contributed by atoms with Crippen molar-refractivity contribution in [3.63, 3.8) is 0 Å². The van der Waals surface area contributed by atoms with E-state index in [-0.39, 0.29) is 5.75 Å². The van der Waals surface area contributed by atoms with Crippen LogP contribution < -0.4 is 8.91 Å². The van der Waals surface area contributed by atoms with Crippen molar-refractivity contribution in [1.82, 2.24) is 0 Å². The fourth-order valence-corrected chi connectivity index (χ4v) is 1.93. The Kier molecular flexibility index (Phi) is 4.23. The SMILES string of the molecule is Cc1ccc(OSNc2ccc(O)c(Cl)c2)cc1. The highest BCUT2D eigenvalue weighted by molar-refractivity contribution is 7.96. The fraction of sp³-hybridized carbons (Fsp3) is 0.0769. The number of aromatic hydroxyl groups is 1. The molecule has 2 N–H and O–H groups in total. The van der Waals surface area contributed by atoms with E-state index in [2.05, 4.69) is 4.72 Å². The molecule has 2 aromatic carbocycles. The minimum Gasteiger partial charge on any atom is -0.506 e. The normalized spacial score (nSPS) is 10.1. The highest BCUT2D eigenvalue weighted by atomic mass is 35.5. The van der Waals surface area contributed by atoms with E-state index in [0.717, 1.165) is 23.7 Å². The second-order valence-electron chi connectivity index (χ2n) is 3.75. The van der Waals surface area contributed by atoms with Gasteiger partial charge in [-0.05, 0) is 37.3 Å². The number of rotatable bonds is 4. The number of phenols is 1. The summed E-state index contributed by atoms with van der Waals surface area (Å²) in [4.78, 5) is 0. The zero-order valence-corrected chi connectivity index (χ0v) is 11.3. The summed E-state index contributed by atoms with van der Waals surface area (Å²) in [5, 5.41) is 9.58. The van der Waals surface area contributed by atoms with Gasteiger partial charge in [-0.1, -0.05) is 29.3 Å². The lowest BCUT2D eigenvalue weighted by Gasteiger charge is -2.07. The molecule has 3 nitrogen and oxygen atoms in total. The number of halogens is 1. The zero-order valence-electron chi connectivity index (χ0n) is 9.68. The standard InChI is InChI=1S/C13H12ClNO2S/c1-9-2-5-11(6-3-9)17-18-15-10-4-7-13(16)12(14)8-10/h2-8,15-16H,1H3. The first kappa shape index (κ1) is 12.9. The van der Waals surface area contributed by atoms with Crippen molar-refractivity contribution in [3.05, 3.63) is 53.1 Å². The van der Waals surface area contributed by atoms with Gasteiger partial charge in [0.25, 0.3) is 0 Å². The molecular formula is C13H12ClNO2S. The Balaban J connectivity index is 1.88. The van der Waals surface area contributed by atoms with Crippen LogP contribution in [0.4, 0.5) is 5.69 Å². The van der Waals surface area contributed by atoms with Gasteiger partial charge in [0.15, 0.2) is 12.2 Å². The quantitative estimate of drug-likeness (QED) is 0.495. The third-order valence-corrected chi connectivity index (χ3v) is 3.16. The number of anilines is 1. The van der Waals surface area contributed by atoms with Crippen LogP contribution in [0.3, 0.4) is 0 Å². The molecule has 0 unspecified atom stereocenters. The molecule has 18 heavy (non-hydrogen) atoms. The average Bonchev–Trinajstić information content (AvgIpc) is 2.36. The van der Waals surface area contributed by atoms with E-state index in [4.69, 9.17) is 15.8 Å². The van der Waals surface area contributed by atoms with Crippen molar-refractivity contribution in [1.29, 1.82) is 0 Å². The van der Waals surface area contributed by atoms with Gasteiger partial charge in [0, 0.05) is 5.69 Å². The van der Waals surface area contributed by atoms with Gasteiger partial charge in [0.05, 0.1) is 5.02 Å². The summed E-state index contributed by atoms with van der Waals surface area (Å²) in [6.07, 6.45) is 0. The second kappa shape index (κ2) is 5.89. The molecule has 0 aliphatic rings. The van der Waals surface area contributed by atoms with Crippen molar-refractivity contribution in [2.45, 2.75) is 6.92 Å². The number of nitrogens with one attached hydrogen (secondary N) is 1. The van der Waals surface area contributed by atoms with Crippen LogP contribution in [0.25, 0.3) is 0 Å². The van der Waals surface area contributed by atoms with Gasteiger partial charge in [0.1, 0.15) is 11.5 Å². The van der Waals surface area contributed by atoms with Crippen molar-refractivity contribution >= 4 is 29.5 Å². The number of phenolic OH excluding ortho intramolecular Hbond substituents is 1. The van der Waals surface area contributed by atoms with Crippen LogP contribution in [-0.4, -0.2) is 5.11 Å². The van der Waals surface area contributed by atoms with Crippen LogP contribution in [0.5, 0.6) is 11.5 Å². The van der Waals surface area contributed by atoms with E-state index < -0.39 is 0 Å². The summed E-state index contributed by atoms with van der Waals surface area (Å²) >= 11 is 6.88. The first-order chi connectivity index (χ1) is 8.65. The van der Waals surface area contributed by atoms with Crippen molar-refractivity contribution in [2.75, 3.05) is 4.72 Å². The molecule has 0 heterocycles. The molecule has 2 rings (SSSR count). The Labute approximate surface area is 115 Å². The summed E-state index contributed by atoms with van der Waals surface area (Å²) in [5.41, 5.74) is 1.94. The number of hydrogen-bond donors (Lipinski definition) is 2. The van der Waals surface area contributed by atoms with Crippen molar-refractivity contribution in [2.24, 2.45) is 0 Å². The van der Waals surface area contributed by atoms with Crippen LogP contribution in [0, 0.1) is 6.92 Å². The molecule has 0 saturated carbocycles. The monoisotopic (exact) mass is 281 g/mol. The van der Waals surface area contributed by atoms with Crippen LogP contribution in [0.15, 0.2) is 42.5 Å². The highest BCUT2D eigenvalue weighted by Gasteiger charge is 2.00. The fourth-order valence-electron chi connectivity index (χ4n) is 1.28. The van der Waals surface area contributed by atoms with Crippen LogP contribution in [-0.2, 0) is 0 Å². The molecule has 0 radical (unpaired) electrons. The Morgan fingerprint density at radius 2 is 1.89 bits per heavy atom. The molecule has 0 saturated heterocycles. The van der Waals surface area contributed by atoms with E-state index in [0.29, 0.717) is 5.02 Å². The lowest BCUT2D eigenvalue weighted by atomic mass is 10.2. The zero-order chi connectivity index (χ0) is 13.0. The third-order valence-electron chi connectivity index (χ3n) is 2.27. The molecule has 0 bridgehead atoms. The summed E-state index contributed by atoms with van der Waals surface area (Å²) in [5.74, 6) is 0.828. The predicted octanol–water partition coefficient (Wildman–Crippen LogP) is 4.41. The smallest absolute Gasteiger partial charge is 0.176 e. The van der Waals surface area contributed by atoms with E-state index >= 15 is 0 Å². The predicted molar refractivity (Wildman–Crippen MR) is 76.1 cm³/mol. The lowest BCUT2D eigenvalue weighted by Crippen LogP contribution is -1.91. The molecule has 0 aliphatic heterocycles. The highest BCUT2D eigenvalue weighted by Crippen LogP contribution is 2.27. The Bertz CT molecular complexity index is 531. The van der Waals surface area contributed by atoms with Gasteiger partial charge in [-0.3, -0.25) is 4.72 Å². The topological polar surface area (TPSA) is 41.5 Å². The van der Waals surface area contributed by atoms with Crippen molar-refractivity contribution in [3.8, 4) is 11.5 Å². The maximum absolute atomic E-state index is 9.28. The Hall–Kier alpha value is -1.52. The van der Waals surface area contributed by atoms with Crippen molar-refractivity contribution < 1.29 is 9.29 Å². The Morgan fingerprint density at radius 1 is 1.17 bits per heavy atom. The molecule has 0 atom stereocenters. The molecule has 0 aliphatic carbocycles. The number of benzene rings is 2. The molecular weight excluding hydrogens is 270 g/mol. The van der Waals surface area contributed by atoms with Crippen LogP contribution in [0.2, 0.25) is 5.02 Å². The lowest BCUT2D eigenvalue weighted by molar-refractivity contribution is 0.475. The minimum atomic E-state index is 0.0617. The van der Waals surface area contributed by atoms with Crippen LogP contribution in [0.1, 0.15) is 5.56 Å². The molecule has 0 amide bonds. The van der Waals surface area contributed by atoms with E-state index in [1.165, 1.54) is 11.6 Å². The van der Waals surface area contributed by atoms with E-state index in [1.807, 2.05) is 31.2 Å². The van der Waals surface area contributed by atoms with Gasteiger partial charge in [-0.15, -0.1) is 0 Å². The van der Waals surface area contributed by atoms with Gasteiger partial charge < -0.3 is 9.29 Å². The number of hydrogen-bond acceptors (Lipinski definition) is 4. The summed E-state index contributed by atoms with van der Waals surface area (Å²) in [6.45, 7) is 2.02. The molecule has 0 aromatic heterocycles.